The van der Waals surface area contributed by atoms with Crippen LogP contribution in [0.15, 0.2) is 18.5 Å². The van der Waals surface area contributed by atoms with Crippen LogP contribution in [0.1, 0.15) is 22.4 Å². The van der Waals surface area contributed by atoms with Crippen molar-refractivity contribution < 1.29 is 0 Å². The molecule has 102 valence electrons. The van der Waals surface area contributed by atoms with Gasteiger partial charge in [-0.25, -0.2) is 4.98 Å². The summed E-state index contributed by atoms with van der Waals surface area (Å²) in [5.74, 6) is 0. The average Bonchev–Trinajstić information content (AvgIpc) is 2.67. The van der Waals surface area contributed by atoms with Gasteiger partial charge >= 0.3 is 0 Å². The summed E-state index contributed by atoms with van der Waals surface area (Å²) in [6, 6.07) is 4.47. The molecule has 1 heterocycles. The summed E-state index contributed by atoms with van der Waals surface area (Å²) in [6.45, 7) is 7.46. The zero-order valence-electron chi connectivity index (χ0n) is 12.5. The molecule has 0 aliphatic heterocycles. The largest absolute Gasteiger partial charge is 0.337 e. The van der Waals surface area contributed by atoms with E-state index in [1.807, 2.05) is 13.4 Å². The Labute approximate surface area is 115 Å². The fraction of sp³-hybridized carbons (Fsp3) is 0.438. The Morgan fingerprint density at radius 3 is 2.37 bits per heavy atom. The van der Waals surface area contributed by atoms with Crippen molar-refractivity contribution in [3.8, 4) is 11.3 Å². The van der Waals surface area contributed by atoms with Gasteiger partial charge in [0.2, 0.25) is 0 Å². The number of likely N-dealkylation sites (N-methyl/N-ethyl adjacent to an activating group) is 1. The third-order valence-corrected chi connectivity index (χ3v) is 3.58. The number of hydrogen-bond acceptors (Lipinski definition) is 2. The number of benzene rings is 1. The van der Waals surface area contributed by atoms with Gasteiger partial charge < -0.3 is 9.88 Å². The van der Waals surface area contributed by atoms with E-state index in [9.17, 15) is 0 Å². The fourth-order valence-corrected chi connectivity index (χ4v) is 2.76. The van der Waals surface area contributed by atoms with E-state index in [0.29, 0.717) is 0 Å². The van der Waals surface area contributed by atoms with Gasteiger partial charge in [-0.3, -0.25) is 0 Å². The summed E-state index contributed by atoms with van der Waals surface area (Å²) < 4.78 is 2.13. The van der Waals surface area contributed by atoms with E-state index in [1.165, 1.54) is 27.9 Å². The molecule has 3 nitrogen and oxygen atoms in total. The van der Waals surface area contributed by atoms with E-state index in [4.69, 9.17) is 0 Å². The third kappa shape index (κ3) is 2.71. The first kappa shape index (κ1) is 13.8. The molecule has 0 amide bonds. The molecule has 0 fully saturated rings. The van der Waals surface area contributed by atoms with Crippen molar-refractivity contribution in [3.05, 3.63) is 40.8 Å². The van der Waals surface area contributed by atoms with Crippen LogP contribution in [-0.4, -0.2) is 23.1 Å². The highest BCUT2D eigenvalue weighted by Gasteiger charge is 2.15. The number of imidazole rings is 1. The molecule has 3 heteroatoms. The van der Waals surface area contributed by atoms with Crippen molar-refractivity contribution >= 4 is 0 Å². The smallest absolute Gasteiger partial charge is 0.0953 e. The highest BCUT2D eigenvalue weighted by Crippen LogP contribution is 2.29. The summed E-state index contributed by atoms with van der Waals surface area (Å²) in [7, 11) is 4.05. The number of aromatic nitrogens is 2. The fourth-order valence-electron chi connectivity index (χ4n) is 2.76. The predicted octanol–water partition coefficient (Wildman–Crippen LogP) is 2.77. The van der Waals surface area contributed by atoms with E-state index in [1.54, 1.807) is 0 Å². The summed E-state index contributed by atoms with van der Waals surface area (Å²) in [4.78, 5) is 4.63. The van der Waals surface area contributed by atoms with Crippen molar-refractivity contribution in [1.82, 2.24) is 14.9 Å². The van der Waals surface area contributed by atoms with Gasteiger partial charge in [0.25, 0.3) is 0 Å². The van der Waals surface area contributed by atoms with Crippen LogP contribution in [0, 0.1) is 20.8 Å². The molecule has 0 bridgehead atoms. The summed E-state index contributed by atoms with van der Waals surface area (Å²) in [6.07, 6.45) is 2.91. The number of aryl methyl sites for hydroxylation is 4. The molecule has 0 aliphatic rings. The Bertz CT molecular complexity index is 559. The van der Waals surface area contributed by atoms with Gasteiger partial charge in [-0.15, -0.1) is 0 Å². The molecule has 19 heavy (non-hydrogen) atoms. The normalized spacial score (nSPS) is 11.0. The topological polar surface area (TPSA) is 29.9 Å². The Morgan fingerprint density at radius 1 is 1.16 bits per heavy atom. The maximum absolute atomic E-state index is 4.63. The Balaban J connectivity index is 2.53. The van der Waals surface area contributed by atoms with Crippen LogP contribution in [0.5, 0.6) is 0 Å². The zero-order chi connectivity index (χ0) is 14.0. The number of hydrogen-bond donors (Lipinski definition) is 1. The quantitative estimate of drug-likeness (QED) is 0.912. The van der Waals surface area contributed by atoms with E-state index < -0.39 is 0 Å². The van der Waals surface area contributed by atoms with Crippen molar-refractivity contribution in [3.63, 3.8) is 0 Å². The molecular formula is C16H23N3. The zero-order valence-corrected chi connectivity index (χ0v) is 12.5. The molecule has 1 aromatic heterocycles. The van der Waals surface area contributed by atoms with Crippen LogP contribution >= 0.6 is 0 Å². The van der Waals surface area contributed by atoms with Crippen molar-refractivity contribution in [2.45, 2.75) is 27.2 Å². The molecule has 0 saturated heterocycles. The lowest BCUT2D eigenvalue weighted by Gasteiger charge is -2.12. The minimum absolute atomic E-state index is 0.969. The van der Waals surface area contributed by atoms with Crippen molar-refractivity contribution in [2.24, 2.45) is 7.05 Å². The maximum Gasteiger partial charge on any atom is 0.0953 e. The van der Waals surface area contributed by atoms with E-state index in [-0.39, 0.29) is 0 Å². The Hall–Kier alpha value is -1.61. The standard InChI is InChI=1S/C16H23N3/c1-11-8-12(2)15(13(3)9-11)16-14(6-7-17-4)19(5)10-18-16/h8-10,17H,6-7H2,1-5H3. The molecule has 1 aromatic carbocycles. The Kier molecular flexibility index (Phi) is 4.05. The Morgan fingerprint density at radius 2 is 1.79 bits per heavy atom. The molecule has 0 spiro atoms. The first-order valence-electron chi connectivity index (χ1n) is 6.77. The van der Waals surface area contributed by atoms with E-state index >= 15 is 0 Å². The van der Waals surface area contributed by atoms with Gasteiger partial charge in [0.1, 0.15) is 0 Å². The van der Waals surface area contributed by atoms with E-state index in [0.717, 1.165) is 18.7 Å². The predicted molar refractivity (Wildman–Crippen MR) is 80.5 cm³/mol. The highest BCUT2D eigenvalue weighted by molar-refractivity contribution is 5.70. The second kappa shape index (κ2) is 5.57. The lowest BCUT2D eigenvalue weighted by Crippen LogP contribution is -2.13. The first-order valence-corrected chi connectivity index (χ1v) is 6.77. The lowest BCUT2D eigenvalue weighted by molar-refractivity contribution is 0.738. The second-order valence-corrected chi connectivity index (χ2v) is 5.28. The van der Waals surface area contributed by atoms with Crippen LogP contribution in [0.3, 0.4) is 0 Å². The molecule has 2 rings (SSSR count). The highest BCUT2D eigenvalue weighted by atomic mass is 15.0. The molecule has 0 unspecified atom stereocenters. The van der Waals surface area contributed by atoms with E-state index in [2.05, 4.69) is 54.8 Å². The van der Waals surface area contributed by atoms with Crippen LogP contribution in [0.2, 0.25) is 0 Å². The molecule has 0 aliphatic carbocycles. The van der Waals surface area contributed by atoms with Gasteiger partial charge in [-0.05, 0) is 38.9 Å². The monoisotopic (exact) mass is 257 g/mol. The average molecular weight is 257 g/mol. The summed E-state index contributed by atoms with van der Waals surface area (Å²) in [5, 5.41) is 3.21. The summed E-state index contributed by atoms with van der Waals surface area (Å²) >= 11 is 0. The van der Waals surface area contributed by atoms with Crippen molar-refractivity contribution in [1.29, 1.82) is 0 Å². The van der Waals surface area contributed by atoms with Crippen LogP contribution < -0.4 is 5.32 Å². The van der Waals surface area contributed by atoms with Crippen LogP contribution in [0.4, 0.5) is 0 Å². The third-order valence-electron chi connectivity index (χ3n) is 3.58. The summed E-state index contributed by atoms with van der Waals surface area (Å²) in [5.41, 5.74) is 7.64. The van der Waals surface area contributed by atoms with Crippen LogP contribution in [-0.2, 0) is 13.5 Å². The number of rotatable bonds is 4. The van der Waals surface area contributed by atoms with Gasteiger partial charge in [-0.1, -0.05) is 17.7 Å². The minimum Gasteiger partial charge on any atom is -0.337 e. The number of nitrogens with zero attached hydrogens (tertiary/aromatic N) is 2. The molecule has 0 saturated carbocycles. The van der Waals surface area contributed by atoms with Gasteiger partial charge in [0, 0.05) is 31.3 Å². The first-order chi connectivity index (χ1) is 9.04. The van der Waals surface area contributed by atoms with Crippen LogP contribution in [0.25, 0.3) is 11.3 Å². The molecule has 0 radical (unpaired) electrons. The second-order valence-electron chi connectivity index (χ2n) is 5.28. The van der Waals surface area contributed by atoms with Gasteiger partial charge in [-0.2, -0.15) is 0 Å². The van der Waals surface area contributed by atoms with Gasteiger partial charge in [0.15, 0.2) is 0 Å². The lowest BCUT2D eigenvalue weighted by atomic mass is 9.96. The SMILES string of the molecule is CNCCc1c(-c2c(C)cc(C)cc2C)ncn1C. The number of nitrogens with one attached hydrogen (secondary N) is 1. The van der Waals surface area contributed by atoms with Gasteiger partial charge in [0.05, 0.1) is 12.0 Å². The molecule has 0 atom stereocenters. The maximum atomic E-state index is 4.63. The van der Waals surface area contributed by atoms with Crippen molar-refractivity contribution in [2.75, 3.05) is 13.6 Å². The molecular weight excluding hydrogens is 234 g/mol. The minimum atomic E-state index is 0.969. The molecule has 2 aromatic rings. The molecule has 1 N–H and O–H groups in total.